The SMILES string of the molecule is CSc1cc(C)nc(SC)c1NC(=O)CCCCCCCSc1nc2ccccc2[nH]1. The molecule has 0 aliphatic rings. The van der Waals surface area contributed by atoms with Gasteiger partial charge in [-0.3, -0.25) is 4.79 Å². The fourth-order valence-corrected chi connectivity index (χ4v) is 5.52. The molecule has 3 rings (SSSR count). The molecule has 0 saturated heterocycles. The molecule has 5 nitrogen and oxygen atoms in total. The molecule has 0 radical (unpaired) electrons. The molecular formula is C23H30N4OS3. The van der Waals surface area contributed by atoms with Crippen molar-refractivity contribution in [3.63, 3.8) is 0 Å². The Balaban J connectivity index is 1.31. The Morgan fingerprint density at radius 2 is 1.81 bits per heavy atom. The van der Waals surface area contributed by atoms with Gasteiger partial charge in [-0.1, -0.05) is 43.2 Å². The summed E-state index contributed by atoms with van der Waals surface area (Å²) in [6, 6.07) is 10.2. The van der Waals surface area contributed by atoms with Crippen LogP contribution in [0.4, 0.5) is 5.69 Å². The summed E-state index contributed by atoms with van der Waals surface area (Å²) in [6.45, 7) is 1.99. The monoisotopic (exact) mass is 474 g/mol. The Bertz CT molecular complexity index is 947. The van der Waals surface area contributed by atoms with Gasteiger partial charge in [-0.25, -0.2) is 9.97 Å². The Morgan fingerprint density at radius 1 is 1.03 bits per heavy atom. The van der Waals surface area contributed by atoms with Crippen LogP contribution in [0.5, 0.6) is 0 Å². The predicted octanol–water partition coefficient (Wildman–Crippen LogP) is 6.78. The number of rotatable bonds is 12. The number of pyridine rings is 1. The number of carbonyl (C=O) groups is 1. The second-order valence-electron chi connectivity index (χ2n) is 7.32. The van der Waals surface area contributed by atoms with E-state index >= 15 is 0 Å². The summed E-state index contributed by atoms with van der Waals surface area (Å²) in [7, 11) is 0. The topological polar surface area (TPSA) is 70.7 Å². The third kappa shape index (κ3) is 7.19. The quantitative estimate of drug-likeness (QED) is 0.223. The number of H-pyrrole nitrogens is 1. The van der Waals surface area contributed by atoms with Crippen LogP contribution in [0.1, 0.15) is 44.2 Å². The minimum Gasteiger partial charge on any atom is -0.333 e. The van der Waals surface area contributed by atoms with Crippen molar-refractivity contribution in [3.05, 3.63) is 36.0 Å². The molecule has 0 spiro atoms. The first kappa shape index (κ1) is 24.0. The van der Waals surface area contributed by atoms with Crippen LogP contribution in [-0.4, -0.2) is 39.1 Å². The van der Waals surface area contributed by atoms with E-state index in [-0.39, 0.29) is 5.91 Å². The Labute approximate surface area is 197 Å². The third-order valence-corrected chi connectivity index (χ3v) is 7.31. The highest BCUT2D eigenvalue weighted by Crippen LogP contribution is 2.33. The maximum atomic E-state index is 12.4. The van der Waals surface area contributed by atoms with Crippen molar-refractivity contribution in [3.8, 4) is 0 Å². The summed E-state index contributed by atoms with van der Waals surface area (Å²) in [5.74, 6) is 1.15. The molecule has 1 amide bonds. The first-order chi connectivity index (χ1) is 15.1. The Hall–Kier alpha value is -1.64. The van der Waals surface area contributed by atoms with E-state index < -0.39 is 0 Å². The van der Waals surface area contributed by atoms with E-state index in [1.165, 1.54) is 6.42 Å². The Morgan fingerprint density at radius 3 is 2.58 bits per heavy atom. The van der Waals surface area contributed by atoms with Crippen LogP contribution in [0.2, 0.25) is 0 Å². The number of aromatic amines is 1. The van der Waals surface area contributed by atoms with Gasteiger partial charge in [0.1, 0.15) is 5.03 Å². The molecule has 0 atom stereocenters. The van der Waals surface area contributed by atoms with E-state index in [2.05, 4.69) is 26.3 Å². The van der Waals surface area contributed by atoms with Gasteiger partial charge < -0.3 is 10.3 Å². The molecule has 0 saturated carbocycles. The van der Waals surface area contributed by atoms with Gasteiger partial charge >= 0.3 is 0 Å². The standard InChI is InChI=1S/C23H30N4OS3/c1-16-15-19(29-2)21(22(24-16)30-3)27-20(28)13-7-5-4-6-10-14-31-23-25-17-11-8-9-12-18(17)26-23/h8-9,11-12,15H,4-7,10,13-14H2,1-3H3,(H,25,26)(H,27,28). The number of para-hydroxylation sites is 2. The normalized spacial score (nSPS) is 11.2. The molecule has 0 aliphatic carbocycles. The predicted molar refractivity (Wildman–Crippen MR) is 136 cm³/mol. The van der Waals surface area contributed by atoms with Gasteiger partial charge in [-0.05, 0) is 50.5 Å². The number of amides is 1. The van der Waals surface area contributed by atoms with Crippen LogP contribution in [0.25, 0.3) is 11.0 Å². The molecule has 0 bridgehead atoms. The number of thioether (sulfide) groups is 3. The zero-order valence-corrected chi connectivity index (χ0v) is 20.8. The maximum Gasteiger partial charge on any atom is 0.224 e. The maximum absolute atomic E-state index is 12.4. The van der Waals surface area contributed by atoms with Crippen molar-refractivity contribution in [2.75, 3.05) is 23.6 Å². The van der Waals surface area contributed by atoms with Crippen LogP contribution in [0, 0.1) is 6.92 Å². The number of nitrogens with zero attached hydrogens (tertiary/aromatic N) is 2. The first-order valence-corrected chi connectivity index (χ1v) is 14.0. The number of aromatic nitrogens is 3. The number of carbonyl (C=O) groups excluding carboxylic acids is 1. The number of aryl methyl sites for hydroxylation is 1. The number of hydrogen-bond donors (Lipinski definition) is 2. The number of hydrogen-bond acceptors (Lipinski definition) is 6. The molecule has 0 fully saturated rings. The number of unbranched alkanes of at least 4 members (excludes halogenated alkanes) is 4. The van der Waals surface area contributed by atoms with E-state index in [0.29, 0.717) is 6.42 Å². The minimum absolute atomic E-state index is 0.0803. The van der Waals surface area contributed by atoms with Crippen LogP contribution in [0.15, 0.2) is 45.4 Å². The molecular weight excluding hydrogens is 444 g/mol. The molecule has 2 aromatic heterocycles. The molecule has 8 heteroatoms. The lowest BCUT2D eigenvalue weighted by molar-refractivity contribution is -0.116. The second kappa shape index (κ2) is 12.4. The average Bonchev–Trinajstić information content (AvgIpc) is 3.19. The van der Waals surface area contributed by atoms with Crippen molar-refractivity contribution in [2.45, 2.75) is 60.5 Å². The summed E-state index contributed by atoms with van der Waals surface area (Å²) in [6.07, 6.45) is 10.1. The van der Waals surface area contributed by atoms with Gasteiger partial charge in [0.05, 0.1) is 16.7 Å². The number of imidazole rings is 1. The highest BCUT2D eigenvalue weighted by molar-refractivity contribution is 7.99. The summed E-state index contributed by atoms with van der Waals surface area (Å²) >= 11 is 5.00. The lowest BCUT2D eigenvalue weighted by atomic mass is 10.1. The fourth-order valence-electron chi connectivity index (χ4n) is 3.33. The van der Waals surface area contributed by atoms with Crippen molar-refractivity contribution in [2.24, 2.45) is 0 Å². The molecule has 3 aromatic rings. The highest BCUT2D eigenvalue weighted by atomic mass is 32.2. The summed E-state index contributed by atoms with van der Waals surface area (Å²) < 4.78 is 0. The third-order valence-electron chi connectivity index (χ3n) is 4.91. The molecule has 0 aliphatic heterocycles. The smallest absolute Gasteiger partial charge is 0.224 e. The number of anilines is 1. The van der Waals surface area contributed by atoms with Gasteiger partial charge in [-0.15, -0.1) is 23.5 Å². The second-order valence-corrected chi connectivity index (χ2v) is 10.1. The van der Waals surface area contributed by atoms with E-state index in [4.69, 9.17) is 0 Å². The van der Waals surface area contributed by atoms with Crippen molar-refractivity contribution < 1.29 is 4.79 Å². The van der Waals surface area contributed by atoms with E-state index in [1.807, 2.05) is 43.7 Å². The van der Waals surface area contributed by atoms with Crippen LogP contribution in [0.3, 0.4) is 0 Å². The minimum atomic E-state index is 0.0803. The average molecular weight is 475 g/mol. The van der Waals surface area contributed by atoms with Gasteiger partial charge in [0.15, 0.2) is 5.16 Å². The van der Waals surface area contributed by atoms with Gasteiger partial charge in [0.25, 0.3) is 0 Å². The first-order valence-electron chi connectivity index (χ1n) is 10.6. The van der Waals surface area contributed by atoms with Crippen molar-refractivity contribution >= 4 is 57.9 Å². The number of nitrogens with one attached hydrogen (secondary N) is 2. The van der Waals surface area contributed by atoms with Crippen LogP contribution < -0.4 is 5.32 Å². The lowest BCUT2D eigenvalue weighted by Crippen LogP contribution is -2.13. The van der Waals surface area contributed by atoms with Crippen LogP contribution in [-0.2, 0) is 4.79 Å². The molecule has 166 valence electrons. The zero-order valence-electron chi connectivity index (χ0n) is 18.4. The van der Waals surface area contributed by atoms with Crippen LogP contribution >= 0.6 is 35.3 Å². The lowest BCUT2D eigenvalue weighted by Gasteiger charge is -2.14. The van der Waals surface area contributed by atoms with Gasteiger partial charge in [0.2, 0.25) is 5.91 Å². The molecule has 1 aromatic carbocycles. The zero-order chi connectivity index (χ0) is 22.1. The summed E-state index contributed by atoms with van der Waals surface area (Å²) in [5, 5.41) is 4.98. The summed E-state index contributed by atoms with van der Waals surface area (Å²) in [5.41, 5.74) is 3.96. The number of fused-ring (bicyclic) bond motifs is 1. The largest absolute Gasteiger partial charge is 0.333 e. The van der Waals surface area contributed by atoms with Gasteiger partial charge in [0, 0.05) is 22.8 Å². The van der Waals surface area contributed by atoms with E-state index in [0.717, 1.165) is 68.9 Å². The van der Waals surface area contributed by atoms with E-state index in [9.17, 15) is 4.79 Å². The van der Waals surface area contributed by atoms with E-state index in [1.54, 1.807) is 35.3 Å². The summed E-state index contributed by atoms with van der Waals surface area (Å²) in [4.78, 5) is 26.0. The number of benzene rings is 1. The molecule has 31 heavy (non-hydrogen) atoms. The molecule has 2 N–H and O–H groups in total. The van der Waals surface area contributed by atoms with Crippen molar-refractivity contribution in [1.82, 2.24) is 15.0 Å². The fraction of sp³-hybridized carbons (Fsp3) is 0.435. The highest BCUT2D eigenvalue weighted by Gasteiger charge is 2.13. The molecule has 0 unspecified atom stereocenters. The Kier molecular flexibility index (Phi) is 9.61. The van der Waals surface area contributed by atoms with Crippen molar-refractivity contribution in [1.29, 1.82) is 0 Å². The molecule has 2 heterocycles. The van der Waals surface area contributed by atoms with Gasteiger partial charge in [-0.2, -0.15) is 0 Å².